The molecule has 1 saturated heterocycles. The molecule has 2 aromatic rings. The van der Waals surface area contributed by atoms with E-state index in [2.05, 4.69) is 22.8 Å². The van der Waals surface area contributed by atoms with Crippen molar-refractivity contribution in [2.45, 2.75) is 102 Å². The Balaban J connectivity index is 0.000000410. The molecule has 0 aliphatic carbocycles. The summed E-state index contributed by atoms with van der Waals surface area (Å²) < 4.78 is 45.5. The number of hydrogen-bond acceptors (Lipinski definition) is 12. The third kappa shape index (κ3) is 17.3. The SMILES string of the molecule is CCO[Si](CCCN)(OCC)OCC.COC1(CCCNc2ccccc2)CCCC[Si]1(OC)OC.CO[Si](C)(CCC(O)Nc1ccccc1)OC. The molecule has 5 N–H and O–H groups in total. The van der Waals surface area contributed by atoms with Gasteiger partial charge in [-0.25, -0.2) is 0 Å². The van der Waals surface area contributed by atoms with Gasteiger partial charge in [0.05, 0.1) is 0 Å². The minimum Gasteiger partial charge on any atom is -0.398 e. The number of aliphatic hydroxyl groups is 1. The topological polar surface area (TPSA) is 144 Å². The fourth-order valence-electron chi connectivity index (χ4n) is 6.49. The number of ether oxygens (including phenoxy) is 1. The summed E-state index contributed by atoms with van der Waals surface area (Å²) in [5.41, 5.74) is 7.56. The molecule has 1 aliphatic heterocycles. The fourth-order valence-corrected chi connectivity index (χ4v) is 14.4. The molecule has 3 rings (SSSR count). The van der Waals surface area contributed by atoms with Gasteiger partial charge >= 0.3 is 25.9 Å². The van der Waals surface area contributed by atoms with Crippen LogP contribution in [0.3, 0.4) is 0 Å². The molecule has 2 unspecified atom stereocenters. The average Bonchev–Trinajstić information content (AvgIpc) is 3.19. The first-order chi connectivity index (χ1) is 25.6. The lowest BCUT2D eigenvalue weighted by Crippen LogP contribution is -2.64. The first-order valence-electron chi connectivity index (χ1n) is 19.2. The fraction of sp³-hybridized carbons (Fsp3) is 0.684. The number of anilines is 2. The smallest absolute Gasteiger partial charge is 0.398 e. The molecule has 2 atom stereocenters. The molecule has 0 spiro atoms. The molecule has 53 heavy (non-hydrogen) atoms. The first-order valence-corrected chi connectivity index (χ1v) is 25.7. The predicted molar refractivity (Wildman–Crippen MR) is 223 cm³/mol. The zero-order valence-corrected chi connectivity index (χ0v) is 37.2. The van der Waals surface area contributed by atoms with Gasteiger partial charge in [-0.15, -0.1) is 0 Å². The van der Waals surface area contributed by atoms with Gasteiger partial charge in [0.2, 0.25) is 0 Å². The summed E-state index contributed by atoms with van der Waals surface area (Å²) in [5.74, 6) is 0. The molecular formula is C38H73N3O9Si3. The highest BCUT2D eigenvalue weighted by Gasteiger charge is 2.58. The summed E-state index contributed by atoms with van der Waals surface area (Å²) >= 11 is 0. The zero-order valence-electron chi connectivity index (χ0n) is 34.2. The summed E-state index contributed by atoms with van der Waals surface area (Å²) in [6.45, 7) is 11.4. The molecular weight excluding hydrogens is 727 g/mol. The number of methoxy groups -OCH3 is 1. The van der Waals surface area contributed by atoms with Gasteiger partial charge in [-0.05, 0) is 102 Å². The van der Waals surface area contributed by atoms with Crippen LogP contribution < -0.4 is 16.4 Å². The molecule has 0 aromatic heterocycles. The maximum Gasteiger partial charge on any atom is 0.500 e. The van der Waals surface area contributed by atoms with Crippen molar-refractivity contribution < 1.29 is 40.8 Å². The van der Waals surface area contributed by atoms with Crippen LogP contribution in [0.5, 0.6) is 0 Å². The van der Waals surface area contributed by atoms with Gasteiger partial charge in [-0.1, -0.05) is 49.2 Å². The van der Waals surface area contributed by atoms with Crippen molar-refractivity contribution in [2.24, 2.45) is 5.73 Å². The largest absolute Gasteiger partial charge is 0.500 e. The lowest BCUT2D eigenvalue weighted by molar-refractivity contribution is -0.0151. The molecule has 0 saturated carbocycles. The summed E-state index contributed by atoms with van der Waals surface area (Å²) in [4.78, 5) is 0. The minimum absolute atomic E-state index is 0.215. The number of aliphatic hydroxyl groups excluding tert-OH is 1. The van der Waals surface area contributed by atoms with Crippen LogP contribution in [0, 0.1) is 0 Å². The van der Waals surface area contributed by atoms with Crippen LogP contribution in [0.15, 0.2) is 60.7 Å². The van der Waals surface area contributed by atoms with Crippen LogP contribution in [0.2, 0.25) is 24.7 Å². The van der Waals surface area contributed by atoms with Gasteiger partial charge in [0.25, 0.3) is 0 Å². The van der Waals surface area contributed by atoms with Crippen LogP contribution in [0.4, 0.5) is 11.4 Å². The zero-order chi connectivity index (χ0) is 39.5. The summed E-state index contributed by atoms with van der Waals surface area (Å²) in [6.07, 6.45) is 6.38. The molecule has 12 nitrogen and oxygen atoms in total. The third-order valence-electron chi connectivity index (χ3n) is 9.56. The number of benzene rings is 2. The van der Waals surface area contributed by atoms with Crippen molar-refractivity contribution >= 4 is 37.3 Å². The normalized spacial score (nSPS) is 17.5. The monoisotopic (exact) mass is 799 g/mol. The van der Waals surface area contributed by atoms with Gasteiger partial charge in [0, 0.05) is 79.3 Å². The lowest BCUT2D eigenvalue weighted by atomic mass is 10.1. The van der Waals surface area contributed by atoms with E-state index in [9.17, 15) is 5.11 Å². The summed E-state index contributed by atoms with van der Waals surface area (Å²) in [5, 5.41) is 16.1. The lowest BCUT2D eigenvalue weighted by Gasteiger charge is -2.48. The van der Waals surface area contributed by atoms with Crippen molar-refractivity contribution in [3.63, 3.8) is 0 Å². The molecule has 0 radical (unpaired) electrons. The second-order valence-corrected chi connectivity index (χ2v) is 23.0. The highest BCUT2D eigenvalue weighted by atomic mass is 28.4. The second-order valence-electron chi connectivity index (χ2n) is 12.9. The summed E-state index contributed by atoms with van der Waals surface area (Å²) in [7, 11) is 1.95. The minimum atomic E-state index is -2.40. The van der Waals surface area contributed by atoms with E-state index >= 15 is 0 Å². The quantitative estimate of drug-likeness (QED) is 0.0482. The Morgan fingerprint density at radius 1 is 0.792 bits per heavy atom. The molecule has 306 valence electrons. The Morgan fingerprint density at radius 2 is 1.34 bits per heavy atom. The van der Waals surface area contributed by atoms with Crippen molar-refractivity contribution in [1.82, 2.24) is 0 Å². The molecule has 0 bridgehead atoms. The van der Waals surface area contributed by atoms with E-state index in [0.717, 1.165) is 56.0 Å². The van der Waals surface area contributed by atoms with Crippen LogP contribution in [-0.2, 0) is 35.7 Å². The highest BCUT2D eigenvalue weighted by Crippen LogP contribution is 2.42. The Bertz CT molecular complexity index is 1140. The Hall–Kier alpha value is -1.71. The number of para-hydroxylation sites is 2. The molecule has 15 heteroatoms. The van der Waals surface area contributed by atoms with Gasteiger partial charge in [0.15, 0.2) is 0 Å². The van der Waals surface area contributed by atoms with E-state index < -0.39 is 32.2 Å². The molecule has 1 aliphatic rings. The number of rotatable bonds is 24. The van der Waals surface area contributed by atoms with Gasteiger partial charge < -0.3 is 57.2 Å². The molecule has 2 aromatic carbocycles. The van der Waals surface area contributed by atoms with Crippen molar-refractivity contribution in [3.05, 3.63) is 60.7 Å². The Morgan fingerprint density at radius 3 is 1.81 bits per heavy atom. The second kappa shape index (κ2) is 27.8. The number of nitrogens with one attached hydrogen (secondary N) is 2. The van der Waals surface area contributed by atoms with E-state index in [1.54, 1.807) is 28.4 Å². The average molecular weight is 800 g/mol. The third-order valence-corrected chi connectivity index (χ3v) is 20.1. The van der Waals surface area contributed by atoms with Gasteiger partial charge in [0.1, 0.15) is 11.5 Å². The Labute approximate surface area is 324 Å². The van der Waals surface area contributed by atoms with Crippen molar-refractivity contribution in [1.29, 1.82) is 0 Å². The van der Waals surface area contributed by atoms with E-state index in [-0.39, 0.29) is 5.22 Å². The number of nitrogens with two attached hydrogens (primary N) is 1. The Kier molecular flexibility index (Phi) is 25.9. The first kappa shape index (κ1) is 49.3. The molecule has 1 fully saturated rings. The van der Waals surface area contributed by atoms with Crippen LogP contribution in [0.1, 0.15) is 65.7 Å². The highest BCUT2D eigenvalue weighted by molar-refractivity contribution is 6.70. The van der Waals surface area contributed by atoms with Crippen molar-refractivity contribution in [2.75, 3.05) is 79.1 Å². The number of hydrogen-bond donors (Lipinski definition) is 4. The van der Waals surface area contributed by atoms with E-state index in [1.165, 1.54) is 18.5 Å². The van der Waals surface area contributed by atoms with E-state index in [0.29, 0.717) is 32.8 Å². The van der Waals surface area contributed by atoms with Gasteiger partial charge in [-0.2, -0.15) is 0 Å². The summed E-state index contributed by atoms with van der Waals surface area (Å²) in [6, 6.07) is 22.6. The van der Waals surface area contributed by atoms with Gasteiger partial charge in [-0.3, -0.25) is 0 Å². The van der Waals surface area contributed by atoms with Crippen LogP contribution in [-0.4, -0.2) is 111 Å². The van der Waals surface area contributed by atoms with E-state index in [1.807, 2.05) is 83.0 Å². The van der Waals surface area contributed by atoms with Crippen LogP contribution >= 0.6 is 0 Å². The maximum atomic E-state index is 9.86. The van der Waals surface area contributed by atoms with Crippen molar-refractivity contribution in [3.8, 4) is 0 Å². The molecule has 1 heterocycles. The maximum absolute atomic E-state index is 9.86. The van der Waals surface area contributed by atoms with E-state index in [4.69, 9.17) is 41.5 Å². The predicted octanol–water partition coefficient (Wildman–Crippen LogP) is 7.28. The molecule has 0 amide bonds. The van der Waals surface area contributed by atoms with Crippen LogP contribution in [0.25, 0.3) is 0 Å². The standard InChI is InChI=1S/C17H29NO3Si.C12H21NO3Si.C9H23NO3Si/c1-19-17(12-7-8-15-22(17,20-2)21-3)13-9-14-18-16-10-5-4-6-11-16;1-15-17(3,16-2)10-9-12(14)13-11-7-5-4-6-8-11;1-4-11-14(12-5-2,13-6-3)9-7-8-10/h4-6,10-11,18H,7-9,12-15H2,1-3H3;4-8,12-14H,9-10H2,1-3H3;4-10H2,1-3H3.